The first-order chi connectivity index (χ1) is 32.2. The summed E-state index contributed by atoms with van der Waals surface area (Å²) in [6, 6.07) is 23.7. The fourth-order valence-electron chi connectivity index (χ4n) is 8.65. The van der Waals surface area contributed by atoms with Gasteiger partial charge >= 0.3 is 12.1 Å². The predicted octanol–water partition coefficient (Wildman–Crippen LogP) is 6.52. The highest BCUT2D eigenvalue weighted by molar-refractivity contribution is 5.80. The lowest BCUT2D eigenvalue weighted by molar-refractivity contribution is -0.151. The van der Waals surface area contributed by atoms with Gasteiger partial charge in [0.25, 0.3) is 0 Å². The summed E-state index contributed by atoms with van der Waals surface area (Å²) in [5.41, 5.74) is 2.90. The van der Waals surface area contributed by atoms with Gasteiger partial charge in [-0.1, -0.05) is 79.6 Å². The van der Waals surface area contributed by atoms with Crippen molar-refractivity contribution in [3.05, 3.63) is 101 Å². The van der Waals surface area contributed by atoms with Crippen molar-refractivity contribution in [3.63, 3.8) is 0 Å². The Morgan fingerprint density at radius 2 is 1.52 bits per heavy atom. The molecule has 1 aliphatic heterocycles. The highest BCUT2D eigenvalue weighted by Gasteiger charge is 2.38. The van der Waals surface area contributed by atoms with E-state index >= 15 is 0 Å². The molecule has 3 N–H and O–H groups in total. The van der Waals surface area contributed by atoms with Gasteiger partial charge in [-0.25, -0.2) is 4.79 Å². The number of nitrogens with zero attached hydrogens (tertiary/aromatic N) is 3. The standard InChI is InChI=1S/C53H77N5O9/c1-7-58(28-27-56(5)6)48(60)21-13-8-9-14-22-49(61)66-47-38-41-19-15-16-20-44(41)50(47)55-51(62)42(35-40-23-25-43(26-24-40)65-34-31-57-29-32-64-33-30-57)37-46(59)45(36-39-17-11-10-12-18-39)54-52(63)67-53(2,3)4/h10-12,15-20,23-26,42,45-47,50,59H,7-9,13-14,21-22,27-38H2,1-6H3,(H,54,63)(H,55,62)/t42-,45+,46+,47-,50+/m1/s1. The normalized spacial score (nSPS) is 17.5. The molecule has 14 heteroatoms. The lowest BCUT2D eigenvalue weighted by Crippen LogP contribution is -2.48. The monoisotopic (exact) mass is 928 g/mol. The first kappa shape index (κ1) is 52.9. The average molecular weight is 928 g/mol. The zero-order valence-electron chi connectivity index (χ0n) is 40.9. The van der Waals surface area contributed by atoms with Crippen LogP contribution in [0, 0.1) is 5.92 Å². The zero-order valence-corrected chi connectivity index (χ0v) is 40.9. The maximum Gasteiger partial charge on any atom is 0.407 e. The smallest absolute Gasteiger partial charge is 0.407 e. The van der Waals surface area contributed by atoms with Crippen molar-refractivity contribution in [1.29, 1.82) is 0 Å². The molecule has 14 nitrogen and oxygen atoms in total. The van der Waals surface area contributed by atoms with E-state index < -0.39 is 41.9 Å². The number of hydrogen-bond donors (Lipinski definition) is 3. The largest absolute Gasteiger partial charge is 0.492 e. The van der Waals surface area contributed by atoms with E-state index in [1.54, 1.807) is 20.8 Å². The molecule has 0 aromatic heterocycles. The van der Waals surface area contributed by atoms with E-state index in [1.807, 2.05) is 105 Å². The van der Waals surface area contributed by atoms with E-state index in [1.165, 1.54) is 0 Å². The molecular formula is C53H77N5O9. The molecule has 1 saturated heterocycles. The van der Waals surface area contributed by atoms with E-state index in [4.69, 9.17) is 18.9 Å². The molecule has 0 spiro atoms. The minimum Gasteiger partial charge on any atom is -0.492 e. The maximum atomic E-state index is 14.7. The van der Waals surface area contributed by atoms with Crippen molar-refractivity contribution in [3.8, 4) is 5.75 Å². The second-order valence-electron chi connectivity index (χ2n) is 19.2. The molecule has 1 aliphatic carbocycles. The molecule has 5 rings (SSSR count). The number of nitrogens with one attached hydrogen (secondary N) is 2. The van der Waals surface area contributed by atoms with Crippen molar-refractivity contribution in [2.75, 3.05) is 73.2 Å². The molecule has 1 heterocycles. The number of rotatable bonds is 26. The van der Waals surface area contributed by atoms with Crippen LogP contribution in [0.1, 0.15) is 101 Å². The molecule has 0 radical (unpaired) electrons. The van der Waals surface area contributed by atoms with E-state index in [0.717, 1.165) is 86.7 Å². The maximum absolute atomic E-state index is 14.7. The van der Waals surface area contributed by atoms with Gasteiger partial charge in [-0.05, 0) is 108 Å². The van der Waals surface area contributed by atoms with Crippen LogP contribution >= 0.6 is 0 Å². The number of amides is 3. The van der Waals surface area contributed by atoms with Gasteiger partial charge in [0.05, 0.1) is 31.4 Å². The number of likely N-dealkylation sites (N-methyl/N-ethyl adjacent to an activating group) is 2. The first-order valence-electron chi connectivity index (χ1n) is 24.4. The summed E-state index contributed by atoms with van der Waals surface area (Å²) in [4.78, 5) is 60.3. The summed E-state index contributed by atoms with van der Waals surface area (Å²) >= 11 is 0. The van der Waals surface area contributed by atoms with Gasteiger partial charge in [-0.15, -0.1) is 0 Å². The Hall–Kier alpha value is -5.02. The van der Waals surface area contributed by atoms with Crippen LogP contribution in [0.15, 0.2) is 78.9 Å². The minimum absolute atomic E-state index is 0.0217. The number of carbonyl (C=O) groups is 4. The van der Waals surface area contributed by atoms with Crippen molar-refractivity contribution in [2.45, 2.75) is 122 Å². The van der Waals surface area contributed by atoms with Gasteiger partial charge < -0.3 is 44.5 Å². The van der Waals surface area contributed by atoms with Gasteiger partial charge in [0, 0.05) is 64.4 Å². The van der Waals surface area contributed by atoms with Gasteiger partial charge in [-0.3, -0.25) is 19.3 Å². The summed E-state index contributed by atoms with van der Waals surface area (Å²) in [6.45, 7) is 14.1. The Morgan fingerprint density at radius 1 is 0.851 bits per heavy atom. The number of alkyl carbamates (subject to hydrolysis) is 1. The number of aliphatic hydroxyl groups is 1. The first-order valence-corrected chi connectivity index (χ1v) is 24.4. The minimum atomic E-state index is -1.14. The van der Waals surface area contributed by atoms with Gasteiger partial charge in [-0.2, -0.15) is 0 Å². The lowest BCUT2D eigenvalue weighted by Gasteiger charge is -2.30. The number of aliphatic hydroxyl groups excluding tert-OH is 1. The number of hydrogen-bond acceptors (Lipinski definition) is 11. The number of morpholine rings is 1. The number of benzene rings is 3. The molecule has 3 aromatic carbocycles. The Labute approximate surface area is 399 Å². The quantitative estimate of drug-likeness (QED) is 0.0595. The molecule has 3 aromatic rings. The molecule has 368 valence electrons. The Balaban J connectivity index is 1.26. The molecule has 0 bridgehead atoms. The van der Waals surface area contributed by atoms with E-state index in [-0.39, 0.29) is 30.6 Å². The predicted molar refractivity (Wildman–Crippen MR) is 260 cm³/mol. The molecule has 0 unspecified atom stereocenters. The van der Waals surface area contributed by atoms with Gasteiger partial charge in [0.15, 0.2) is 0 Å². The Bertz CT molecular complexity index is 1970. The molecule has 5 atom stereocenters. The number of unbranched alkanes of at least 4 members (excludes halogenated alkanes) is 3. The third-order valence-electron chi connectivity index (χ3n) is 12.4. The Kier molecular flexibility index (Phi) is 21.4. The number of esters is 1. The van der Waals surface area contributed by atoms with Crippen LogP contribution in [-0.4, -0.2) is 141 Å². The molecule has 2 aliphatic rings. The molecule has 0 saturated carbocycles. The molecular weight excluding hydrogens is 851 g/mol. The third-order valence-corrected chi connectivity index (χ3v) is 12.4. The fourth-order valence-corrected chi connectivity index (χ4v) is 8.65. The summed E-state index contributed by atoms with van der Waals surface area (Å²) in [6.07, 6.45) is 2.45. The van der Waals surface area contributed by atoms with Crippen LogP contribution in [0.2, 0.25) is 0 Å². The number of fused-ring (bicyclic) bond motifs is 1. The van der Waals surface area contributed by atoms with Crippen molar-refractivity contribution in [2.24, 2.45) is 5.92 Å². The van der Waals surface area contributed by atoms with Crippen LogP contribution < -0.4 is 15.4 Å². The van der Waals surface area contributed by atoms with E-state index in [2.05, 4.69) is 20.4 Å². The molecule has 67 heavy (non-hydrogen) atoms. The van der Waals surface area contributed by atoms with Gasteiger partial charge in [0.1, 0.15) is 24.1 Å². The second kappa shape index (κ2) is 27.1. The van der Waals surface area contributed by atoms with Crippen molar-refractivity contribution in [1.82, 2.24) is 25.3 Å². The summed E-state index contributed by atoms with van der Waals surface area (Å²) < 4.78 is 23.3. The topological polar surface area (TPSA) is 159 Å². The SMILES string of the molecule is CCN(CCN(C)C)C(=O)CCCCCCC(=O)O[C@@H]1Cc2ccccc2[C@@H]1NC(=O)[C@H](Cc1ccc(OCCN2CCOCC2)cc1)C[C@H](O)[C@H](Cc1ccccc1)NC(=O)OC(C)(C)C. The average Bonchev–Trinajstić information content (AvgIpc) is 3.63. The third kappa shape index (κ3) is 18.5. The van der Waals surface area contributed by atoms with Crippen LogP contribution in [0.5, 0.6) is 5.75 Å². The van der Waals surface area contributed by atoms with Crippen LogP contribution in [0.4, 0.5) is 4.79 Å². The highest BCUT2D eigenvalue weighted by atomic mass is 16.6. The molecule has 3 amide bonds. The fraction of sp³-hybridized carbons (Fsp3) is 0.585. The lowest BCUT2D eigenvalue weighted by atomic mass is 9.88. The summed E-state index contributed by atoms with van der Waals surface area (Å²) in [5, 5.41) is 18.2. The van der Waals surface area contributed by atoms with Crippen LogP contribution in [0.3, 0.4) is 0 Å². The molecule has 1 fully saturated rings. The van der Waals surface area contributed by atoms with Crippen molar-refractivity contribution >= 4 is 23.9 Å². The van der Waals surface area contributed by atoms with Crippen LogP contribution in [0.25, 0.3) is 0 Å². The highest BCUT2D eigenvalue weighted by Crippen LogP contribution is 2.35. The van der Waals surface area contributed by atoms with E-state index in [9.17, 15) is 24.3 Å². The number of ether oxygens (including phenoxy) is 4. The summed E-state index contributed by atoms with van der Waals surface area (Å²) in [5.74, 6) is -0.488. The summed E-state index contributed by atoms with van der Waals surface area (Å²) in [7, 11) is 4.00. The van der Waals surface area contributed by atoms with E-state index in [0.29, 0.717) is 51.8 Å². The number of carbonyl (C=O) groups excluding carboxylic acids is 4. The van der Waals surface area contributed by atoms with Crippen molar-refractivity contribution < 1.29 is 43.2 Å². The Morgan fingerprint density at radius 3 is 2.21 bits per heavy atom. The van der Waals surface area contributed by atoms with Crippen LogP contribution in [-0.2, 0) is 47.9 Å². The van der Waals surface area contributed by atoms with Gasteiger partial charge in [0.2, 0.25) is 11.8 Å². The second-order valence-corrected chi connectivity index (χ2v) is 19.2. The zero-order chi connectivity index (χ0) is 48.2.